The lowest BCUT2D eigenvalue weighted by atomic mass is 10.2. The molecule has 0 spiro atoms. The molecule has 0 aliphatic carbocycles. The molecular formula is C13H14N2O3. The molecule has 2 amide bonds. The van der Waals surface area contributed by atoms with E-state index in [4.69, 9.17) is 16.9 Å². The van der Waals surface area contributed by atoms with Crippen LogP contribution in [0.2, 0.25) is 0 Å². The quantitative estimate of drug-likeness (QED) is 0.733. The fourth-order valence-electron chi connectivity index (χ4n) is 1.18. The van der Waals surface area contributed by atoms with Crippen LogP contribution in [-0.2, 0) is 4.79 Å². The molecule has 3 N–H and O–H groups in total. The lowest BCUT2D eigenvalue weighted by Gasteiger charge is -2.10. The molecule has 0 saturated heterocycles. The van der Waals surface area contributed by atoms with E-state index in [2.05, 4.69) is 11.2 Å². The predicted octanol–water partition coefficient (Wildman–Crippen LogP) is 0.302. The van der Waals surface area contributed by atoms with Crippen molar-refractivity contribution in [3.05, 3.63) is 29.8 Å². The molecule has 94 valence electrons. The second-order valence-electron chi connectivity index (χ2n) is 3.61. The van der Waals surface area contributed by atoms with Crippen molar-refractivity contribution in [2.45, 2.75) is 13.0 Å². The molecule has 1 atom stereocenters. The maximum Gasteiger partial charge on any atom is 0.251 e. The van der Waals surface area contributed by atoms with Crippen molar-refractivity contribution in [2.75, 3.05) is 6.61 Å². The minimum Gasteiger partial charge on any atom is -0.481 e. The molecule has 1 rings (SSSR count). The Morgan fingerprint density at radius 3 is 2.56 bits per heavy atom. The first-order chi connectivity index (χ1) is 8.54. The molecular weight excluding hydrogens is 232 g/mol. The molecule has 0 fully saturated rings. The highest BCUT2D eigenvalue weighted by Gasteiger charge is 2.13. The molecule has 0 aliphatic rings. The summed E-state index contributed by atoms with van der Waals surface area (Å²) in [6.07, 6.45) is 5.05. The van der Waals surface area contributed by atoms with E-state index < -0.39 is 11.9 Å². The second kappa shape index (κ2) is 6.30. The average Bonchev–Trinajstić information content (AvgIpc) is 2.36. The number of nitrogens with two attached hydrogens (primary N) is 1. The number of terminal acetylenes is 1. The van der Waals surface area contributed by atoms with Gasteiger partial charge in [0.15, 0.2) is 0 Å². The van der Waals surface area contributed by atoms with Crippen molar-refractivity contribution >= 4 is 11.8 Å². The summed E-state index contributed by atoms with van der Waals surface area (Å²) in [7, 11) is 0. The predicted molar refractivity (Wildman–Crippen MR) is 66.9 cm³/mol. The summed E-state index contributed by atoms with van der Waals surface area (Å²) in [5, 5.41) is 2.47. The summed E-state index contributed by atoms with van der Waals surface area (Å²) in [5.41, 5.74) is 5.46. The Balaban J connectivity index is 2.65. The van der Waals surface area contributed by atoms with Gasteiger partial charge >= 0.3 is 0 Å². The van der Waals surface area contributed by atoms with Gasteiger partial charge in [-0.1, -0.05) is 5.92 Å². The number of nitrogens with one attached hydrogen (secondary N) is 1. The summed E-state index contributed by atoms with van der Waals surface area (Å²) in [5.74, 6) is 1.96. The summed E-state index contributed by atoms with van der Waals surface area (Å²) in [6, 6.07) is 5.70. The number of carbonyl (C=O) groups is 2. The van der Waals surface area contributed by atoms with E-state index in [0.29, 0.717) is 11.3 Å². The Hall–Kier alpha value is -2.48. The first kappa shape index (κ1) is 13.6. The lowest BCUT2D eigenvalue weighted by Crippen LogP contribution is -2.42. The molecule has 0 unspecified atom stereocenters. The SMILES string of the molecule is C#CCOc1ccc(C(=O)N[C@@H](C)C(N)=O)cc1. The third-order valence-corrected chi connectivity index (χ3v) is 2.21. The van der Waals surface area contributed by atoms with E-state index in [1.165, 1.54) is 6.92 Å². The van der Waals surface area contributed by atoms with Crippen molar-refractivity contribution in [2.24, 2.45) is 5.73 Å². The van der Waals surface area contributed by atoms with Gasteiger partial charge in [-0.2, -0.15) is 0 Å². The summed E-state index contributed by atoms with van der Waals surface area (Å²) in [6.45, 7) is 1.69. The zero-order valence-corrected chi connectivity index (χ0v) is 9.97. The minimum atomic E-state index is -0.713. The highest BCUT2D eigenvalue weighted by atomic mass is 16.5. The third-order valence-electron chi connectivity index (χ3n) is 2.21. The zero-order chi connectivity index (χ0) is 13.5. The molecule has 18 heavy (non-hydrogen) atoms. The van der Waals surface area contributed by atoms with Crippen molar-refractivity contribution in [1.82, 2.24) is 5.32 Å². The Morgan fingerprint density at radius 2 is 2.06 bits per heavy atom. The topological polar surface area (TPSA) is 81.4 Å². The number of primary amides is 1. The monoisotopic (exact) mass is 246 g/mol. The van der Waals surface area contributed by atoms with Crippen LogP contribution >= 0.6 is 0 Å². The molecule has 1 aromatic carbocycles. The van der Waals surface area contributed by atoms with Gasteiger partial charge in [-0.25, -0.2) is 0 Å². The van der Waals surface area contributed by atoms with Crippen LogP contribution in [0.3, 0.4) is 0 Å². The van der Waals surface area contributed by atoms with Crippen LogP contribution in [0.25, 0.3) is 0 Å². The van der Waals surface area contributed by atoms with Gasteiger partial charge in [0.05, 0.1) is 0 Å². The van der Waals surface area contributed by atoms with E-state index in [-0.39, 0.29) is 12.5 Å². The van der Waals surface area contributed by atoms with Crippen molar-refractivity contribution < 1.29 is 14.3 Å². The molecule has 0 radical (unpaired) electrons. The second-order valence-corrected chi connectivity index (χ2v) is 3.61. The number of ether oxygens (including phenoxy) is 1. The van der Waals surface area contributed by atoms with E-state index in [1.54, 1.807) is 24.3 Å². The average molecular weight is 246 g/mol. The summed E-state index contributed by atoms with van der Waals surface area (Å²) < 4.78 is 5.17. The van der Waals surface area contributed by atoms with Crippen LogP contribution < -0.4 is 15.8 Å². The van der Waals surface area contributed by atoms with Gasteiger partial charge in [-0.15, -0.1) is 6.42 Å². The number of amides is 2. The van der Waals surface area contributed by atoms with E-state index in [0.717, 1.165) is 0 Å². The summed E-state index contributed by atoms with van der Waals surface area (Å²) >= 11 is 0. The standard InChI is InChI=1S/C13H14N2O3/c1-3-8-18-11-6-4-10(5-7-11)13(17)15-9(2)12(14)16/h1,4-7,9H,8H2,2H3,(H2,14,16)(H,15,17)/t9-/m0/s1. The number of hydrogen-bond acceptors (Lipinski definition) is 3. The van der Waals surface area contributed by atoms with Crippen LogP contribution in [0.4, 0.5) is 0 Å². The van der Waals surface area contributed by atoms with Crippen LogP contribution in [-0.4, -0.2) is 24.5 Å². The molecule has 5 nitrogen and oxygen atoms in total. The Bertz CT molecular complexity index is 474. The Labute approximate surface area is 105 Å². The van der Waals surface area contributed by atoms with Crippen LogP contribution in [0.1, 0.15) is 17.3 Å². The molecule has 0 aromatic heterocycles. The Kier molecular flexibility index (Phi) is 4.76. The van der Waals surface area contributed by atoms with E-state index >= 15 is 0 Å². The maximum atomic E-state index is 11.7. The summed E-state index contributed by atoms with van der Waals surface area (Å²) in [4.78, 5) is 22.5. The minimum absolute atomic E-state index is 0.171. The first-order valence-electron chi connectivity index (χ1n) is 5.31. The van der Waals surface area contributed by atoms with E-state index in [1.807, 2.05) is 0 Å². The largest absolute Gasteiger partial charge is 0.481 e. The van der Waals surface area contributed by atoms with Gasteiger partial charge in [0.1, 0.15) is 18.4 Å². The normalized spacial score (nSPS) is 11.1. The van der Waals surface area contributed by atoms with Crippen LogP contribution in [0, 0.1) is 12.3 Å². The smallest absolute Gasteiger partial charge is 0.251 e. The number of rotatable bonds is 5. The molecule has 5 heteroatoms. The lowest BCUT2D eigenvalue weighted by molar-refractivity contribution is -0.119. The van der Waals surface area contributed by atoms with Crippen LogP contribution in [0.15, 0.2) is 24.3 Å². The highest BCUT2D eigenvalue weighted by Crippen LogP contribution is 2.12. The fraction of sp³-hybridized carbons (Fsp3) is 0.231. The molecule has 0 saturated carbocycles. The van der Waals surface area contributed by atoms with Crippen molar-refractivity contribution in [1.29, 1.82) is 0 Å². The molecule has 1 aromatic rings. The van der Waals surface area contributed by atoms with Crippen molar-refractivity contribution in [3.63, 3.8) is 0 Å². The number of carbonyl (C=O) groups excluding carboxylic acids is 2. The van der Waals surface area contributed by atoms with Crippen LogP contribution in [0.5, 0.6) is 5.75 Å². The number of hydrogen-bond donors (Lipinski definition) is 2. The Morgan fingerprint density at radius 1 is 1.44 bits per heavy atom. The van der Waals surface area contributed by atoms with E-state index in [9.17, 15) is 9.59 Å². The van der Waals surface area contributed by atoms with Gasteiger partial charge in [-0.05, 0) is 31.2 Å². The molecule has 0 aliphatic heterocycles. The number of benzene rings is 1. The van der Waals surface area contributed by atoms with Gasteiger partial charge in [0.25, 0.3) is 5.91 Å². The van der Waals surface area contributed by atoms with Crippen molar-refractivity contribution in [3.8, 4) is 18.1 Å². The fourth-order valence-corrected chi connectivity index (χ4v) is 1.18. The zero-order valence-electron chi connectivity index (χ0n) is 9.97. The molecule has 0 heterocycles. The highest BCUT2D eigenvalue weighted by molar-refractivity contribution is 5.97. The van der Waals surface area contributed by atoms with Gasteiger partial charge < -0.3 is 15.8 Å². The van der Waals surface area contributed by atoms with Gasteiger partial charge in [0.2, 0.25) is 5.91 Å². The third kappa shape index (κ3) is 3.83. The molecule has 0 bridgehead atoms. The van der Waals surface area contributed by atoms with Gasteiger partial charge in [0, 0.05) is 5.56 Å². The van der Waals surface area contributed by atoms with Gasteiger partial charge in [-0.3, -0.25) is 9.59 Å². The maximum absolute atomic E-state index is 11.7. The first-order valence-corrected chi connectivity index (χ1v) is 5.31.